The first-order valence-electron chi connectivity index (χ1n) is 8.05. The van der Waals surface area contributed by atoms with Gasteiger partial charge in [-0.1, -0.05) is 36.4 Å². The molecule has 0 atom stereocenters. The summed E-state index contributed by atoms with van der Waals surface area (Å²) in [4.78, 5) is 39.0. The van der Waals surface area contributed by atoms with Crippen LogP contribution in [0.3, 0.4) is 0 Å². The van der Waals surface area contributed by atoms with Crippen LogP contribution in [-0.2, 0) is 22.7 Å². The van der Waals surface area contributed by atoms with E-state index >= 15 is 0 Å². The zero-order chi connectivity index (χ0) is 18.5. The Labute approximate surface area is 154 Å². The molecule has 1 aliphatic heterocycles. The minimum absolute atomic E-state index is 0.161. The fourth-order valence-corrected chi connectivity index (χ4v) is 3.47. The molecule has 2 heterocycles. The zero-order valence-electron chi connectivity index (χ0n) is 14.1. The number of anilines is 1. The molecule has 26 heavy (non-hydrogen) atoms. The summed E-state index contributed by atoms with van der Waals surface area (Å²) in [6.07, 6.45) is 3.09. The molecule has 0 saturated heterocycles. The van der Waals surface area contributed by atoms with Crippen molar-refractivity contribution in [1.82, 2.24) is 15.1 Å². The third-order valence-corrected chi connectivity index (χ3v) is 4.85. The van der Waals surface area contributed by atoms with E-state index in [0.717, 1.165) is 10.2 Å². The summed E-state index contributed by atoms with van der Waals surface area (Å²) in [5.41, 5.74) is 0.766. The largest absolute Gasteiger partial charge is 0.350 e. The van der Waals surface area contributed by atoms with E-state index in [9.17, 15) is 14.4 Å². The monoisotopic (exact) mass is 370 g/mol. The number of aromatic nitrogens is 2. The van der Waals surface area contributed by atoms with Crippen LogP contribution in [0.2, 0.25) is 0 Å². The van der Waals surface area contributed by atoms with Gasteiger partial charge in [-0.2, -0.15) is 5.10 Å². The molecule has 1 aromatic heterocycles. The van der Waals surface area contributed by atoms with Crippen LogP contribution in [0, 0.1) is 0 Å². The van der Waals surface area contributed by atoms with Gasteiger partial charge >= 0.3 is 0 Å². The predicted molar refractivity (Wildman–Crippen MR) is 100 cm³/mol. The molecule has 1 N–H and O–H groups in total. The Balaban J connectivity index is 1.77. The van der Waals surface area contributed by atoms with Gasteiger partial charge in [-0.15, -0.1) is 18.3 Å². The molecule has 0 fully saturated rings. The standard InChI is InChI=1S/C18H18N4O3S/c1-2-8-21-16(24)12-26-14-10-20-22(18(25)17(14)21)11-15(23)19-9-13-6-4-3-5-7-13/h2-7,10H,1,8-9,11-12H2,(H,19,23). The van der Waals surface area contributed by atoms with E-state index in [1.807, 2.05) is 30.3 Å². The number of benzene rings is 1. The van der Waals surface area contributed by atoms with E-state index in [1.54, 1.807) is 6.08 Å². The Morgan fingerprint density at radius 1 is 1.31 bits per heavy atom. The van der Waals surface area contributed by atoms with E-state index < -0.39 is 5.56 Å². The van der Waals surface area contributed by atoms with Crippen molar-refractivity contribution >= 4 is 29.3 Å². The van der Waals surface area contributed by atoms with Gasteiger partial charge in [0.2, 0.25) is 11.8 Å². The lowest BCUT2D eigenvalue weighted by Gasteiger charge is -2.27. The highest BCUT2D eigenvalue weighted by Gasteiger charge is 2.28. The van der Waals surface area contributed by atoms with Crippen molar-refractivity contribution in [2.45, 2.75) is 18.0 Å². The first-order chi connectivity index (χ1) is 12.6. The highest BCUT2D eigenvalue weighted by atomic mass is 32.2. The van der Waals surface area contributed by atoms with Gasteiger partial charge in [-0.05, 0) is 5.56 Å². The third kappa shape index (κ3) is 3.85. The number of fused-ring (bicyclic) bond motifs is 1. The van der Waals surface area contributed by atoms with Gasteiger partial charge in [-0.3, -0.25) is 14.4 Å². The number of rotatable bonds is 6. The number of nitrogens with zero attached hydrogens (tertiary/aromatic N) is 3. The van der Waals surface area contributed by atoms with E-state index in [4.69, 9.17) is 0 Å². The predicted octanol–water partition coefficient (Wildman–Crippen LogP) is 1.18. The number of nitrogens with one attached hydrogen (secondary N) is 1. The lowest BCUT2D eigenvalue weighted by atomic mass is 10.2. The number of carbonyl (C=O) groups is 2. The fourth-order valence-electron chi connectivity index (χ4n) is 2.58. The van der Waals surface area contributed by atoms with Crippen LogP contribution in [0.15, 0.2) is 58.9 Å². The van der Waals surface area contributed by atoms with Crippen molar-refractivity contribution in [3.8, 4) is 0 Å². The quantitative estimate of drug-likeness (QED) is 0.772. The van der Waals surface area contributed by atoms with E-state index in [1.165, 1.54) is 22.9 Å². The van der Waals surface area contributed by atoms with Gasteiger partial charge in [0, 0.05) is 13.1 Å². The molecule has 0 unspecified atom stereocenters. The van der Waals surface area contributed by atoms with Crippen LogP contribution in [0.1, 0.15) is 5.56 Å². The summed E-state index contributed by atoms with van der Waals surface area (Å²) >= 11 is 1.27. The zero-order valence-corrected chi connectivity index (χ0v) is 14.9. The van der Waals surface area contributed by atoms with Crippen LogP contribution >= 0.6 is 11.8 Å². The van der Waals surface area contributed by atoms with Crippen LogP contribution in [0.5, 0.6) is 0 Å². The molecule has 0 aliphatic carbocycles. The second-order valence-corrected chi connectivity index (χ2v) is 6.68. The molecule has 0 bridgehead atoms. The first-order valence-corrected chi connectivity index (χ1v) is 9.03. The average molecular weight is 370 g/mol. The Morgan fingerprint density at radius 3 is 2.81 bits per heavy atom. The second kappa shape index (κ2) is 8.01. The molecule has 2 amide bonds. The maximum absolute atomic E-state index is 12.7. The molecule has 0 radical (unpaired) electrons. The Kier molecular flexibility index (Phi) is 5.52. The summed E-state index contributed by atoms with van der Waals surface area (Å²) in [5.74, 6) is -0.233. The third-order valence-electron chi connectivity index (χ3n) is 3.84. The van der Waals surface area contributed by atoms with E-state index in [-0.39, 0.29) is 36.3 Å². The molecule has 2 aromatic rings. The lowest BCUT2D eigenvalue weighted by Crippen LogP contribution is -2.42. The molecule has 134 valence electrons. The Bertz CT molecular complexity index is 895. The summed E-state index contributed by atoms with van der Waals surface area (Å²) < 4.78 is 1.08. The van der Waals surface area contributed by atoms with Crippen LogP contribution in [0.4, 0.5) is 5.69 Å². The molecule has 1 aromatic carbocycles. The minimum atomic E-state index is -0.459. The van der Waals surface area contributed by atoms with Gasteiger partial charge in [0.1, 0.15) is 12.2 Å². The van der Waals surface area contributed by atoms with Crippen LogP contribution in [0.25, 0.3) is 0 Å². The number of carbonyl (C=O) groups excluding carboxylic acids is 2. The van der Waals surface area contributed by atoms with Crippen molar-refractivity contribution in [2.75, 3.05) is 17.2 Å². The highest BCUT2D eigenvalue weighted by molar-refractivity contribution is 8.00. The van der Waals surface area contributed by atoms with Gasteiger partial charge in [0.25, 0.3) is 5.56 Å². The van der Waals surface area contributed by atoms with Crippen molar-refractivity contribution < 1.29 is 9.59 Å². The summed E-state index contributed by atoms with van der Waals surface area (Å²) in [6.45, 7) is 4.03. The molecule has 1 aliphatic rings. The molecule has 3 rings (SSSR count). The minimum Gasteiger partial charge on any atom is -0.350 e. The van der Waals surface area contributed by atoms with Crippen molar-refractivity contribution in [1.29, 1.82) is 0 Å². The second-order valence-electron chi connectivity index (χ2n) is 5.66. The average Bonchev–Trinajstić information content (AvgIpc) is 2.65. The van der Waals surface area contributed by atoms with Crippen LogP contribution in [-0.4, -0.2) is 33.9 Å². The molecular formula is C18H18N4O3S. The topological polar surface area (TPSA) is 84.3 Å². The van der Waals surface area contributed by atoms with Crippen LogP contribution < -0.4 is 15.8 Å². The summed E-state index contributed by atoms with van der Waals surface area (Å²) in [7, 11) is 0. The molecule has 0 spiro atoms. The summed E-state index contributed by atoms with van der Waals surface area (Å²) in [5, 5.41) is 6.82. The smallest absolute Gasteiger partial charge is 0.292 e. The van der Waals surface area contributed by atoms with Crippen molar-refractivity contribution in [3.05, 3.63) is 65.1 Å². The Morgan fingerprint density at radius 2 is 2.08 bits per heavy atom. The highest BCUT2D eigenvalue weighted by Crippen LogP contribution is 2.31. The molecule has 0 saturated carbocycles. The molecule has 7 nitrogen and oxygen atoms in total. The van der Waals surface area contributed by atoms with E-state index in [0.29, 0.717) is 11.4 Å². The Hall–Kier alpha value is -2.87. The van der Waals surface area contributed by atoms with Gasteiger partial charge in [0.15, 0.2) is 0 Å². The van der Waals surface area contributed by atoms with Crippen molar-refractivity contribution in [3.63, 3.8) is 0 Å². The van der Waals surface area contributed by atoms with Gasteiger partial charge in [-0.25, -0.2) is 4.68 Å². The lowest BCUT2D eigenvalue weighted by molar-refractivity contribution is -0.122. The maximum atomic E-state index is 12.7. The fraction of sp³-hybridized carbons (Fsp3) is 0.222. The SMILES string of the molecule is C=CCN1C(=O)CSc2cnn(CC(=O)NCc3ccccc3)c(=O)c21. The maximum Gasteiger partial charge on any atom is 0.292 e. The normalized spacial score (nSPS) is 13.2. The first kappa shape index (κ1) is 17.9. The number of thioether (sulfide) groups is 1. The van der Waals surface area contributed by atoms with Gasteiger partial charge in [0.05, 0.1) is 16.8 Å². The molecule has 8 heteroatoms. The number of hydrogen-bond donors (Lipinski definition) is 1. The number of hydrogen-bond acceptors (Lipinski definition) is 5. The summed E-state index contributed by atoms with van der Waals surface area (Å²) in [6, 6.07) is 9.48. The molecular weight excluding hydrogens is 352 g/mol. The van der Waals surface area contributed by atoms with Gasteiger partial charge < -0.3 is 10.2 Å². The van der Waals surface area contributed by atoms with Crippen molar-refractivity contribution in [2.24, 2.45) is 0 Å². The van der Waals surface area contributed by atoms with E-state index in [2.05, 4.69) is 17.0 Å². The number of amides is 2.